The molecule has 3 aromatic rings. The van der Waals surface area contributed by atoms with E-state index in [-0.39, 0.29) is 11.6 Å². The van der Waals surface area contributed by atoms with Crippen LogP contribution >= 0.6 is 0 Å². The molecule has 2 nitrogen and oxygen atoms in total. The van der Waals surface area contributed by atoms with Crippen molar-refractivity contribution in [3.8, 4) is 22.6 Å². The Labute approximate surface area is 178 Å². The van der Waals surface area contributed by atoms with Crippen LogP contribution in [-0.2, 0) is 23.8 Å². The van der Waals surface area contributed by atoms with Crippen molar-refractivity contribution in [1.29, 1.82) is 0 Å². The number of alkyl halides is 5. The second-order valence-corrected chi connectivity index (χ2v) is 7.01. The number of benzene rings is 3. The predicted octanol–water partition coefficient (Wildman–Crippen LogP) is 7.88. The molecule has 0 unspecified atom stereocenters. The molecule has 0 saturated heterocycles. The number of ether oxygens (including phenoxy) is 1. The van der Waals surface area contributed by atoms with Crippen LogP contribution in [0.3, 0.4) is 0 Å². The molecule has 9 heteroatoms. The molecule has 0 bridgehead atoms. The number of aryl methyl sites for hydroxylation is 1. The lowest BCUT2D eigenvalue weighted by Gasteiger charge is -2.21. The molecule has 0 N–H and O–H groups in total. The zero-order valence-corrected chi connectivity index (χ0v) is 16.6. The van der Waals surface area contributed by atoms with E-state index in [9.17, 15) is 35.8 Å². The summed E-state index contributed by atoms with van der Waals surface area (Å²) in [6.07, 6.45) is -7.78. The third kappa shape index (κ3) is 4.81. The van der Waals surface area contributed by atoms with E-state index in [2.05, 4.69) is 4.74 Å². The lowest BCUT2D eigenvalue weighted by atomic mass is 9.98. The van der Waals surface area contributed by atoms with Gasteiger partial charge < -0.3 is 4.74 Å². The zero-order chi connectivity index (χ0) is 23.7. The van der Waals surface area contributed by atoms with Gasteiger partial charge in [-0.1, -0.05) is 37.6 Å². The second kappa shape index (κ2) is 8.72. The van der Waals surface area contributed by atoms with Crippen LogP contribution in [0.2, 0.25) is 0 Å². The topological polar surface area (TPSA) is 29.1 Å². The fourth-order valence-corrected chi connectivity index (χ4v) is 3.17. The Kier molecular flexibility index (Phi) is 6.39. The summed E-state index contributed by atoms with van der Waals surface area (Å²) in [6, 6.07) is 8.31. The van der Waals surface area contributed by atoms with Gasteiger partial charge in [-0.05, 0) is 41.8 Å². The van der Waals surface area contributed by atoms with Crippen LogP contribution < -0.4 is 4.74 Å². The van der Waals surface area contributed by atoms with Crippen LogP contribution in [0.25, 0.3) is 11.1 Å². The van der Waals surface area contributed by atoms with E-state index in [1.165, 1.54) is 12.1 Å². The van der Waals surface area contributed by atoms with E-state index >= 15 is 0 Å². The van der Waals surface area contributed by atoms with Gasteiger partial charge in [0.05, 0.1) is 11.1 Å². The third-order valence-electron chi connectivity index (χ3n) is 4.68. The average molecular weight is 457 g/mol. The number of halogens is 7. The molecule has 0 aliphatic rings. The summed E-state index contributed by atoms with van der Waals surface area (Å²) in [5.41, 5.74) is -2.85. The van der Waals surface area contributed by atoms with Crippen LogP contribution in [0.15, 0.2) is 54.6 Å². The molecule has 1 radical (unpaired) electrons. The molecule has 3 rings (SSSR count). The minimum atomic E-state index is -4.70. The maximum atomic E-state index is 15.0. The number of hydrogen-bond donors (Lipinski definition) is 0. The Bertz CT molecular complexity index is 1090. The van der Waals surface area contributed by atoms with E-state index in [1.54, 1.807) is 12.1 Å². The average Bonchev–Trinajstić information content (AvgIpc) is 2.68. The van der Waals surface area contributed by atoms with Crippen LogP contribution in [0, 0.1) is 11.6 Å². The highest BCUT2D eigenvalue weighted by molar-refractivity contribution is 5.72. The summed E-state index contributed by atoms with van der Waals surface area (Å²) in [6.45, 7) is 1.94. The summed E-state index contributed by atoms with van der Waals surface area (Å²) in [4.78, 5) is 0. The molecular weight excluding hydrogens is 441 g/mol. The lowest BCUT2D eigenvalue weighted by Crippen LogP contribution is -2.25. The van der Waals surface area contributed by atoms with Gasteiger partial charge in [0.2, 0.25) is 0 Å². The van der Waals surface area contributed by atoms with Gasteiger partial charge in [0, 0.05) is 6.07 Å². The first-order chi connectivity index (χ1) is 14.9. The van der Waals surface area contributed by atoms with Crippen molar-refractivity contribution in [3.05, 3.63) is 82.9 Å². The summed E-state index contributed by atoms with van der Waals surface area (Å²) in [5, 5.41) is 12.2. The second-order valence-electron chi connectivity index (χ2n) is 7.01. The smallest absolute Gasteiger partial charge is 0.429 e. The first-order valence-corrected chi connectivity index (χ1v) is 9.47. The minimum absolute atomic E-state index is 0.0288. The van der Waals surface area contributed by atoms with Crippen molar-refractivity contribution in [2.75, 3.05) is 0 Å². The Hall–Kier alpha value is -3.23. The van der Waals surface area contributed by atoms with Crippen molar-refractivity contribution in [1.82, 2.24) is 0 Å². The van der Waals surface area contributed by atoms with Crippen molar-refractivity contribution in [2.45, 2.75) is 32.1 Å². The quantitative estimate of drug-likeness (QED) is 0.346. The lowest BCUT2D eigenvalue weighted by molar-refractivity contribution is -0.189. The Morgan fingerprint density at radius 1 is 0.875 bits per heavy atom. The molecule has 0 aliphatic carbocycles. The highest BCUT2D eigenvalue weighted by atomic mass is 19.4. The first-order valence-electron chi connectivity index (χ1n) is 9.47. The molecule has 0 aromatic heterocycles. The van der Waals surface area contributed by atoms with Crippen molar-refractivity contribution in [3.63, 3.8) is 0 Å². The summed E-state index contributed by atoms with van der Waals surface area (Å²) in [5.74, 6) is -5.54. The fourth-order valence-electron chi connectivity index (χ4n) is 3.17. The fraction of sp³-hybridized carbons (Fsp3) is 0.217. The largest absolute Gasteiger partial charge is 0.432 e. The van der Waals surface area contributed by atoms with Crippen molar-refractivity contribution >= 4 is 0 Å². The Morgan fingerprint density at radius 3 is 2.00 bits per heavy atom. The van der Waals surface area contributed by atoms with Crippen LogP contribution in [0.4, 0.5) is 30.7 Å². The van der Waals surface area contributed by atoms with Gasteiger partial charge in [-0.25, -0.2) is 8.78 Å². The van der Waals surface area contributed by atoms with Crippen LogP contribution in [-0.4, -0.2) is 0 Å². The molecule has 0 spiro atoms. The van der Waals surface area contributed by atoms with E-state index in [0.29, 0.717) is 30.7 Å². The Morgan fingerprint density at radius 2 is 1.47 bits per heavy atom. The molecule has 0 heterocycles. The molecule has 0 saturated carbocycles. The zero-order valence-electron chi connectivity index (χ0n) is 16.6. The number of hydrogen-bond acceptors (Lipinski definition) is 1. The third-order valence-corrected chi connectivity index (χ3v) is 4.68. The predicted molar refractivity (Wildman–Crippen MR) is 102 cm³/mol. The van der Waals surface area contributed by atoms with E-state index in [0.717, 1.165) is 12.0 Å². The van der Waals surface area contributed by atoms with Gasteiger partial charge >= 0.3 is 12.3 Å². The van der Waals surface area contributed by atoms with Gasteiger partial charge in [0.1, 0.15) is 17.1 Å². The molecule has 0 aliphatic heterocycles. The van der Waals surface area contributed by atoms with Gasteiger partial charge in [-0.15, -0.1) is 0 Å². The maximum Gasteiger partial charge on any atom is 0.432 e. The molecule has 0 amide bonds. The highest BCUT2D eigenvalue weighted by Gasteiger charge is 2.43. The van der Waals surface area contributed by atoms with Gasteiger partial charge in [-0.2, -0.15) is 22.0 Å². The van der Waals surface area contributed by atoms with Crippen molar-refractivity contribution in [2.24, 2.45) is 0 Å². The van der Waals surface area contributed by atoms with E-state index in [1.807, 2.05) is 6.92 Å². The van der Waals surface area contributed by atoms with E-state index < -0.39 is 52.1 Å². The standard InChI is InChI=1S/C23H16F7O2/c1-2-3-13-4-6-14(7-5-13)19-18(31)12-17(24)20(21(19)25)23(29,30)32-16-10-8-15(9-11-16)22(26,27)28/h4-12H,2-3H2,1H3. The van der Waals surface area contributed by atoms with Gasteiger partial charge in [0.15, 0.2) is 11.6 Å². The molecule has 0 atom stereocenters. The monoisotopic (exact) mass is 457 g/mol. The maximum absolute atomic E-state index is 15.0. The highest BCUT2D eigenvalue weighted by Crippen LogP contribution is 2.42. The van der Waals surface area contributed by atoms with Crippen LogP contribution in [0.1, 0.15) is 30.0 Å². The number of rotatable bonds is 6. The van der Waals surface area contributed by atoms with Gasteiger partial charge in [-0.3, -0.25) is 5.11 Å². The Balaban J connectivity index is 2.00. The SMILES string of the molecule is CCCc1ccc(-c2c([O])cc(F)c(C(F)(F)Oc3ccc(C(F)(F)F)cc3)c2F)cc1. The molecule has 3 aromatic carbocycles. The molecular formula is C23H16F7O2. The summed E-state index contributed by atoms with van der Waals surface area (Å²) < 4.78 is 101. The first kappa shape index (κ1) is 23.4. The van der Waals surface area contributed by atoms with Crippen LogP contribution in [0.5, 0.6) is 11.5 Å². The van der Waals surface area contributed by atoms with E-state index in [4.69, 9.17) is 0 Å². The summed E-state index contributed by atoms with van der Waals surface area (Å²) in [7, 11) is 0. The minimum Gasteiger partial charge on any atom is -0.429 e. The normalized spacial score (nSPS) is 12.1. The van der Waals surface area contributed by atoms with Gasteiger partial charge in [0.25, 0.3) is 0 Å². The molecule has 0 fully saturated rings. The summed E-state index contributed by atoms with van der Waals surface area (Å²) >= 11 is 0. The molecule has 169 valence electrons. The molecule has 32 heavy (non-hydrogen) atoms. The van der Waals surface area contributed by atoms with Crippen molar-refractivity contribution < 1.29 is 40.6 Å².